The third-order valence-corrected chi connectivity index (χ3v) is 5.05. The summed E-state index contributed by atoms with van der Waals surface area (Å²) in [5.74, 6) is 1.12. The van der Waals surface area contributed by atoms with Gasteiger partial charge in [-0.1, -0.05) is 33.1 Å². The summed E-state index contributed by atoms with van der Waals surface area (Å²) >= 11 is 1.49. The van der Waals surface area contributed by atoms with Crippen LogP contribution in [0, 0.1) is 11.8 Å². The second-order valence-corrected chi connectivity index (χ2v) is 7.41. The van der Waals surface area contributed by atoms with Gasteiger partial charge in [0.2, 0.25) is 0 Å². The Hall–Kier alpha value is -0.940. The number of aromatic nitrogens is 1. The van der Waals surface area contributed by atoms with E-state index in [1.807, 2.05) is 5.38 Å². The molecule has 0 saturated heterocycles. The molecule has 1 fully saturated rings. The van der Waals surface area contributed by atoms with Crippen LogP contribution in [0.5, 0.6) is 0 Å². The summed E-state index contributed by atoms with van der Waals surface area (Å²) in [5.41, 5.74) is 6.64. The minimum Gasteiger partial charge on any atom is -0.350 e. The van der Waals surface area contributed by atoms with Gasteiger partial charge in [-0.15, -0.1) is 11.3 Å². The van der Waals surface area contributed by atoms with E-state index in [2.05, 4.69) is 24.1 Å². The maximum atomic E-state index is 12.1. The molecule has 1 aromatic heterocycles. The van der Waals surface area contributed by atoms with Gasteiger partial charge in [0.25, 0.3) is 5.91 Å². The topological polar surface area (TPSA) is 68.0 Å². The number of nitrogens with one attached hydrogen (secondary N) is 1. The van der Waals surface area contributed by atoms with Gasteiger partial charge in [-0.25, -0.2) is 4.98 Å². The van der Waals surface area contributed by atoms with E-state index >= 15 is 0 Å². The Kier molecular flexibility index (Phi) is 6.18. The van der Waals surface area contributed by atoms with Crippen LogP contribution in [-0.2, 0) is 0 Å². The van der Waals surface area contributed by atoms with Crippen LogP contribution in [0.3, 0.4) is 0 Å². The lowest BCUT2D eigenvalue weighted by Gasteiger charge is -2.21. The van der Waals surface area contributed by atoms with Crippen molar-refractivity contribution >= 4 is 17.2 Å². The Labute approximate surface area is 131 Å². The first-order chi connectivity index (χ1) is 10.1. The minimum absolute atomic E-state index is 0.0557. The summed E-state index contributed by atoms with van der Waals surface area (Å²) in [7, 11) is 0. The summed E-state index contributed by atoms with van der Waals surface area (Å²) in [4.78, 5) is 16.5. The van der Waals surface area contributed by atoms with Crippen molar-refractivity contribution in [1.82, 2.24) is 10.3 Å². The summed E-state index contributed by atoms with van der Waals surface area (Å²) < 4.78 is 0. The molecule has 0 radical (unpaired) electrons. The number of amides is 1. The number of nitrogens with two attached hydrogens (primary N) is 1. The second-order valence-electron chi connectivity index (χ2n) is 6.52. The standard InChI is InChI=1S/C16H27N3OS/c1-11(2)8-13(17)16-19-14(10-21-16)15(20)18-9-12-6-4-3-5-7-12/h10-13H,3-9,17H2,1-2H3,(H,18,20). The van der Waals surface area contributed by atoms with Gasteiger partial charge in [-0.05, 0) is 31.1 Å². The van der Waals surface area contributed by atoms with Crippen molar-refractivity contribution in [3.63, 3.8) is 0 Å². The molecule has 1 aliphatic rings. The van der Waals surface area contributed by atoms with Gasteiger partial charge in [0.05, 0.1) is 6.04 Å². The van der Waals surface area contributed by atoms with Crippen LogP contribution in [0.25, 0.3) is 0 Å². The molecule has 3 N–H and O–H groups in total. The van der Waals surface area contributed by atoms with Crippen LogP contribution in [0.15, 0.2) is 5.38 Å². The van der Waals surface area contributed by atoms with Gasteiger partial charge in [0.1, 0.15) is 10.7 Å². The Morgan fingerprint density at radius 3 is 2.81 bits per heavy atom. The van der Waals surface area contributed by atoms with Crippen LogP contribution in [0.4, 0.5) is 0 Å². The number of thiazole rings is 1. The molecule has 2 rings (SSSR count). The lowest BCUT2D eigenvalue weighted by atomic mass is 9.89. The summed E-state index contributed by atoms with van der Waals surface area (Å²) in [6, 6.07) is -0.0603. The van der Waals surface area contributed by atoms with Crippen molar-refractivity contribution in [1.29, 1.82) is 0 Å². The van der Waals surface area contributed by atoms with E-state index in [9.17, 15) is 4.79 Å². The number of nitrogens with zero attached hydrogens (tertiary/aromatic N) is 1. The highest BCUT2D eigenvalue weighted by molar-refractivity contribution is 7.09. The quantitative estimate of drug-likeness (QED) is 0.845. The summed E-state index contributed by atoms with van der Waals surface area (Å²) in [6.45, 7) is 5.07. The van der Waals surface area contributed by atoms with E-state index in [-0.39, 0.29) is 11.9 Å². The molecule has 118 valence electrons. The van der Waals surface area contributed by atoms with E-state index in [1.165, 1.54) is 43.4 Å². The molecule has 0 aliphatic heterocycles. The summed E-state index contributed by atoms with van der Waals surface area (Å²) in [6.07, 6.45) is 7.31. The first-order valence-corrected chi connectivity index (χ1v) is 8.93. The molecule has 0 aromatic carbocycles. The third-order valence-electron chi connectivity index (χ3n) is 4.07. The van der Waals surface area contributed by atoms with Crippen LogP contribution in [-0.4, -0.2) is 17.4 Å². The molecule has 1 amide bonds. The lowest BCUT2D eigenvalue weighted by molar-refractivity contribution is 0.0939. The van der Waals surface area contributed by atoms with E-state index in [0.29, 0.717) is 17.5 Å². The molecule has 1 saturated carbocycles. The van der Waals surface area contributed by atoms with E-state index in [0.717, 1.165) is 18.0 Å². The van der Waals surface area contributed by atoms with Gasteiger partial charge < -0.3 is 11.1 Å². The number of hydrogen-bond donors (Lipinski definition) is 2. The fourth-order valence-electron chi connectivity index (χ4n) is 2.89. The lowest BCUT2D eigenvalue weighted by Crippen LogP contribution is -2.30. The zero-order chi connectivity index (χ0) is 15.2. The first kappa shape index (κ1) is 16.4. The number of carbonyl (C=O) groups excluding carboxylic acids is 1. The smallest absolute Gasteiger partial charge is 0.270 e. The Balaban J connectivity index is 1.83. The molecule has 21 heavy (non-hydrogen) atoms. The molecule has 1 atom stereocenters. The highest BCUT2D eigenvalue weighted by Gasteiger charge is 2.18. The van der Waals surface area contributed by atoms with Crippen molar-refractivity contribution in [3.05, 3.63) is 16.1 Å². The van der Waals surface area contributed by atoms with Crippen LogP contribution >= 0.6 is 11.3 Å². The average Bonchev–Trinajstić information content (AvgIpc) is 2.95. The zero-order valence-corrected chi connectivity index (χ0v) is 13.9. The average molecular weight is 309 g/mol. The van der Waals surface area contributed by atoms with Crippen LogP contribution < -0.4 is 11.1 Å². The fourth-order valence-corrected chi connectivity index (χ4v) is 3.70. The van der Waals surface area contributed by atoms with Crippen LogP contribution in [0.1, 0.15) is 73.9 Å². The van der Waals surface area contributed by atoms with Gasteiger partial charge in [0, 0.05) is 11.9 Å². The molecule has 5 heteroatoms. The van der Waals surface area contributed by atoms with Gasteiger partial charge in [-0.3, -0.25) is 4.79 Å². The maximum Gasteiger partial charge on any atom is 0.270 e. The van der Waals surface area contributed by atoms with Crippen molar-refractivity contribution in [2.45, 2.75) is 58.4 Å². The Morgan fingerprint density at radius 2 is 2.14 bits per heavy atom. The van der Waals surface area contributed by atoms with E-state index in [4.69, 9.17) is 5.73 Å². The molecule has 0 spiro atoms. The Morgan fingerprint density at radius 1 is 1.43 bits per heavy atom. The summed E-state index contributed by atoms with van der Waals surface area (Å²) in [5, 5.41) is 5.72. The molecule has 1 aliphatic carbocycles. The van der Waals surface area contributed by atoms with Crippen molar-refractivity contribution in [2.75, 3.05) is 6.54 Å². The predicted molar refractivity (Wildman–Crippen MR) is 87.4 cm³/mol. The minimum atomic E-state index is -0.0603. The predicted octanol–water partition coefficient (Wildman–Crippen LogP) is 3.50. The highest BCUT2D eigenvalue weighted by atomic mass is 32.1. The number of hydrogen-bond acceptors (Lipinski definition) is 4. The SMILES string of the molecule is CC(C)CC(N)c1nc(C(=O)NCC2CCCCC2)cs1. The Bertz CT molecular complexity index is 452. The number of carbonyl (C=O) groups is 1. The van der Waals surface area contributed by atoms with E-state index in [1.54, 1.807) is 0 Å². The maximum absolute atomic E-state index is 12.1. The van der Waals surface area contributed by atoms with Crippen LogP contribution in [0.2, 0.25) is 0 Å². The molecular weight excluding hydrogens is 282 g/mol. The second kappa shape index (κ2) is 7.90. The van der Waals surface area contributed by atoms with Crippen molar-refractivity contribution in [2.24, 2.45) is 17.6 Å². The molecule has 4 nitrogen and oxygen atoms in total. The normalized spacial score (nSPS) is 17.9. The molecule has 1 unspecified atom stereocenters. The number of rotatable bonds is 6. The fraction of sp³-hybridized carbons (Fsp3) is 0.750. The van der Waals surface area contributed by atoms with Crippen molar-refractivity contribution in [3.8, 4) is 0 Å². The molecular formula is C16H27N3OS. The third kappa shape index (κ3) is 5.08. The largest absolute Gasteiger partial charge is 0.350 e. The first-order valence-electron chi connectivity index (χ1n) is 8.05. The monoisotopic (exact) mass is 309 g/mol. The van der Waals surface area contributed by atoms with Gasteiger partial charge in [-0.2, -0.15) is 0 Å². The van der Waals surface area contributed by atoms with Gasteiger partial charge in [0.15, 0.2) is 0 Å². The molecule has 1 heterocycles. The molecule has 0 bridgehead atoms. The van der Waals surface area contributed by atoms with E-state index < -0.39 is 0 Å². The molecule has 1 aromatic rings. The van der Waals surface area contributed by atoms with Crippen molar-refractivity contribution < 1.29 is 4.79 Å². The highest BCUT2D eigenvalue weighted by Crippen LogP contribution is 2.24. The van der Waals surface area contributed by atoms with Gasteiger partial charge >= 0.3 is 0 Å². The zero-order valence-electron chi connectivity index (χ0n) is 13.1.